The number of rotatable bonds is 6. The Balaban J connectivity index is 1.68. The number of aromatic nitrogens is 2. The quantitative estimate of drug-likeness (QED) is 0.688. The van der Waals surface area contributed by atoms with Crippen LogP contribution in [-0.4, -0.2) is 21.6 Å². The van der Waals surface area contributed by atoms with Gasteiger partial charge < -0.3 is 4.42 Å². The van der Waals surface area contributed by atoms with E-state index in [1.54, 1.807) is 0 Å². The molecule has 0 spiro atoms. The Labute approximate surface area is 136 Å². The van der Waals surface area contributed by atoms with E-state index in [1.165, 1.54) is 11.1 Å². The largest absolute Gasteiger partial charge is 0.419 e. The predicted molar refractivity (Wildman–Crippen MR) is 90.7 cm³/mol. The highest BCUT2D eigenvalue weighted by atomic mass is 16.4. The van der Waals surface area contributed by atoms with Gasteiger partial charge in [-0.2, -0.15) is 0 Å². The van der Waals surface area contributed by atoms with E-state index in [4.69, 9.17) is 4.42 Å². The molecule has 0 fully saturated rings. The molecule has 0 aliphatic carbocycles. The van der Waals surface area contributed by atoms with E-state index in [-0.39, 0.29) is 0 Å². The summed E-state index contributed by atoms with van der Waals surface area (Å²) >= 11 is 0. The topological polar surface area (TPSA) is 42.2 Å². The van der Waals surface area contributed by atoms with Crippen molar-refractivity contribution >= 4 is 0 Å². The first-order valence-electron chi connectivity index (χ1n) is 7.90. The minimum absolute atomic E-state index is 0.579. The zero-order valence-electron chi connectivity index (χ0n) is 13.6. The molecule has 1 aromatic heterocycles. The highest BCUT2D eigenvalue weighted by molar-refractivity contribution is 5.52. The molecular weight excluding hydrogens is 286 g/mol. The Morgan fingerprint density at radius 1 is 0.913 bits per heavy atom. The molecule has 0 saturated heterocycles. The van der Waals surface area contributed by atoms with E-state index in [0.29, 0.717) is 18.3 Å². The molecule has 2 aromatic carbocycles. The molecule has 4 heteroatoms. The molecule has 0 amide bonds. The number of nitrogens with zero attached hydrogens (tertiary/aromatic N) is 3. The van der Waals surface area contributed by atoms with Crippen LogP contribution >= 0.6 is 0 Å². The van der Waals surface area contributed by atoms with Gasteiger partial charge in [0.2, 0.25) is 11.8 Å². The fourth-order valence-electron chi connectivity index (χ4n) is 2.44. The van der Waals surface area contributed by atoms with E-state index >= 15 is 0 Å². The third-order valence-electron chi connectivity index (χ3n) is 3.82. The summed E-state index contributed by atoms with van der Waals surface area (Å²) in [6, 6.07) is 18.5. The molecule has 0 radical (unpaired) electrons. The van der Waals surface area contributed by atoms with Crippen molar-refractivity contribution in [3.05, 3.63) is 71.6 Å². The minimum atomic E-state index is 0.579. The molecule has 0 aliphatic rings. The first-order valence-corrected chi connectivity index (χ1v) is 7.90. The van der Waals surface area contributed by atoms with E-state index in [2.05, 4.69) is 53.2 Å². The van der Waals surface area contributed by atoms with Gasteiger partial charge in [-0.15, -0.1) is 10.2 Å². The maximum Gasteiger partial charge on any atom is 0.247 e. The van der Waals surface area contributed by atoms with Crippen LogP contribution in [0.25, 0.3) is 11.5 Å². The van der Waals surface area contributed by atoms with E-state index in [0.717, 1.165) is 18.7 Å². The minimum Gasteiger partial charge on any atom is -0.419 e. The van der Waals surface area contributed by atoms with Crippen molar-refractivity contribution in [2.75, 3.05) is 6.54 Å². The molecule has 118 valence electrons. The Hall–Kier alpha value is -2.46. The lowest BCUT2D eigenvalue weighted by Crippen LogP contribution is -2.22. The number of hydrogen-bond donors (Lipinski definition) is 0. The van der Waals surface area contributed by atoms with Crippen LogP contribution in [0.15, 0.2) is 59.0 Å². The zero-order chi connectivity index (χ0) is 16.1. The van der Waals surface area contributed by atoms with Gasteiger partial charge in [0.1, 0.15) is 0 Å². The summed E-state index contributed by atoms with van der Waals surface area (Å²) in [4.78, 5) is 2.28. The Bertz CT molecular complexity index is 735. The average molecular weight is 307 g/mol. The van der Waals surface area contributed by atoms with Crippen LogP contribution in [0.2, 0.25) is 0 Å². The summed E-state index contributed by atoms with van der Waals surface area (Å²) in [6.45, 7) is 6.66. The lowest BCUT2D eigenvalue weighted by molar-refractivity contribution is 0.243. The van der Waals surface area contributed by atoms with Crippen molar-refractivity contribution in [1.29, 1.82) is 0 Å². The Morgan fingerprint density at radius 2 is 1.65 bits per heavy atom. The van der Waals surface area contributed by atoms with Crippen LogP contribution in [0.4, 0.5) is 0 Å². The number of aryl methyl sites for hydroxylation is 1. The highest BCUT2D eigenvalue weighted by Crippen LogP contribution is 2.19. The van der Waals surface area contributed by atoms with Crippen LogP contribution in [0.5, 0.6) is 0 Å². The second-order valence-electron chi connectivity index (χ2n) is 5.66. The first-order chi connectivity index (χ1) is 11.2. The lowest BCUT2D eigenvalue weighted by Gasteiger charge is -2.18. The monoisotopic (exact) mass is 307 g/mol. The smallest absolute Gasteiger partial charge is 0.247 e. The van der Waals surface area contributed by atoms with Gasteiger partial charge in [0.05, 0.1) is 6.54 Å². The molecule has 0 N–H and O–H groups in total. The Morgan fingerprint density at radius 3 is 2.35 bits per heavy atom. The molecule has 0 saturated carbocycles. The molecule has 0 bridgehead atoms. The highest BCUT2D eigenvalue weighted by Gasteiger charge is 2.12. The first kappa shape index (κ1) is 15.4. The van der Waals surface area contributed by atoms with Crippen molar-refractivity contribution in [1.82, 2.24) is 15.1 Å². The molecular formula is C19H21N3O. The molecule has 3 aromatic rings. The summed E-state index contributed by atoms with van der Waals surface area (Å²) in [6.07, 6.45) is 0. The average Bonchev–Trinajstić information content (AvgIpc) is 3.04. The van der Waals surface area contributed by atoms with Gasteiger partial charge in [-0.05, 0) is 31.2 Å². The molecule has 3 rings (SSSR count). The second kappa shape index (κ2) is 7.20. The lowest BCUT2D eigenvalue weighted by atomic mass is 10.1. The predicted octanol–water partition coefficient (Wildman–Crippen LogP) is 4.07. The summed E-state index contributed by atoms with van der Waals surface area (Å²) in [5.41, 5.74) is 3.46. The van der Waals surface area contributed by atoms with Gasteiger partial charge in [0, 0.05) is 12.1 Å². The van der Waals surface area contributed by atoms with Crippen LogP contribution < -0.4 is 0 Å². The third-order valence-corrected chi connectivity index (χ3v) is 3.82. The van der Waals surface area contributed by atoms with Crippen molar-refractivity contribution in [3.63, 3.8) is 0 Å². The van der Waals surface area contributed by atoms with Crippen LogP contribution in [0.1, 0.15) is 23.9 Å². The van der Waals surface area contributed by atoms with E-state index in [1.807, 2.05) is 30.3 Å². The maximum atomic E-state index is 5.82. The summed E-state index contributed by atoms with van der Waals surface area (Å²) in [7, 11) is 0. The maximum absolute atomic E-state index is 5.82. The number of benzene rings is 2. The van der Waals surface area contributed by atoms with Gasteiger partial charge in [-0.3, -0.25) is 4.90 Å². The van der Waals surface area contributed by atoms with Gasteiger partial charge in [-0.1, -0.05) is 55.0 Å². The summed E-state index contributed by atoms with van der Waals surface area (Å²) in [5, 5.41) is 8.35. The molecule has 1 heterocycles. The van der Waals surface area contributed by atoms with Crippen molar-refractivity contribution in [3.8, 4) is 11.5 Å². The number of hydrogen-bond acceptors (Lipinski definition) is 4. The van der Waals surface area contributed by atoms with Gasteiger partial charge in [0.15, 0.2) is 0 Å². The van der Waals surface area contributed by atoms with Crippen molar-refractivity contribution < 1.29 is 4.42 Å². The SMILES string of the molecule is CCN(Cc1ccccc1)Cc1nnc(-c2ccc(C)cc2)o1. The molecule has 0 atom stereocenters. The van der Waals surface area contributed by atoms with Crippen molar-refractivity contribution in [2.24, 2.45) is 0 Å². The van der Waals surface area contributed by atoms with Crippen LogP contribution in [0, 0.1) is 6.92 Å². The molecule has 4 nitrogen and oxygen atoms in total. The Kier molecular flexibility index (Phi) is 4.83. The van der Waals surface area contributed by atoms with Gasteiger partial charge in [-0.25, -0.2) is 0 Å². The van der Waals surface area contributed by atoms with E-state index < -0.39 is 0 Å². The normalized spacial score (nSPS) is 11.1. The second-order valence-corrected chi connectivity index (χ2v) is 5.66. The fourth-order valence-corrected chi connectivity index (χ4v) is 2.44. The summed E-state index contributed by atoms with van der Waals surface area (Å²) in [5.74, 6) is 1.23. The third kappa shape index (κ3) is 4.05. The summed E-state index contributed by atoms with van der Waals surface area (Å²) < 4.78 is 5.82. The molecule has 0 aliphatic heterocycles. The molecule has 23 heavy (non-hydrogen) atoms. The van der Waals surface area contributed by atoms with Crippen LogP contribution in [-0.2, 0) is 13.1 Å². The fraction of sp³-hybridized carbons (Fsp3) is 0.263. The van der Waals surface area contributed by atoms with Gasteiger partial charge >= 0.3 is 0 Å². The zero-order valence-corrected chi connectivity index (χ0v) is 13.6. The molecule has 0 unspecified atom stereocenters. The van der Waals surface area contributed by atoms with Gasteiger partial charge in [0.25, 0.3) is 0 Å². The van der Waals surface area contributed by atoms with Crippen molar-refractivity contribution in [2.45, 2.75) is 26.9 Å². The standard InChI is InChI=1S/C19H21N3O/c1-3-22(13-16-7-5-4-6-8-16)14-18-20-21-19(23-18)17-11-9-15(2)10-12-17/h4-12H,3,13-14H2,1-2H3. The van der Waals surface area contributed by atoms with E-state index in [9.17, 15) is 0 Å². The van der Waals surface area contributed by atoms with Crippen LogP contribution in [0.3, 0.4) is 0 Å².